The van der Waals surface area contributed by atoms with Gasteiger partial charge in [0, 0.05) is 41.4 Å². The predicted octanol–water partition coefficient (Wildman–Crippen LogP) is 4.80. The lowest BCUT2D eigenvalue weighted by Gasteiger charge is -2.21. The minimum Gasteiger partial charge on any atom is -0.361 e. The second-order valence-corrected chi connectivity index (χ2v) is 6.58. The van der Waals surface area contributed by atoms with E-state index in [0.29, 0.717) is 5.84 Å². The summed E-state index contributed by atoms with van der Waals surface area (Å²) in [7, 11) is 2.15. The molecule has 1 aromatic carbocycles. The number of fused-ring (bicyclic) bond motifs is 1. The molecule has 0 spiro atoms. The molecule has 2 heterocycles. The fraction of sp³-hybridized carbons (Fsp3) is 0.286. The molecular formula is C21H26N4. The van der Waals surface area contributed by atoms with Crippen molar-refractivity contribution in [3.05, 3.63) is 59.8 Å². The van der Waals surface area contributed by atoms with Gasteiger partial charge in [0.05, 0.1) is 0 Å². The summed E-state index contributed by atoms with van der Waals surface area (Å²) in [6, 6.07) is 6.23. The summed E-state index contributed by atoms with van der Waals surface area (Å²) in [5, 5.41) is 12.6. The van der Waals surface area contributed by atoms with Crippen molar-refractivity contribution in [3.63, 3.8) is 0 Å². The molecule has 3 rings (SSSR count). The lowest BCUT2D eigenvalue weighted by molar-refractivity contribution is 0.370. The molecule has 0 aliphatic carbocycles. The normalized spacial score (nSPS) is 16.4. The van der Waals surface area contributed by atoms with Crippen molar-refractivity contribution in [2.45, 2.75) is 20.3 Å². The molecule has 0 unspecified atom stereocenters. The van der Waals surface area contributed by atoms with Crippen molar-refractivity contribution in [1.82, 2.24) is 9.88 Å². The lowest BCUT2D eigenvalue weighted by Crippen LogP contribution is -2.23. The van der Waals surface area contributed by atoms with Crippen LogP contribution in [0.5, 0.6) is 0 Å². The van der Waals surface area contributed by atoms with Gasteiger partial charge in [-0.15, -0.1) is 0 Å². The molecule has 1 aliphatic rings. The quantitative estimate of drug-likeness (QED) is 0.427. The molecule has 0 fully saturated rings. The van der Waals surface area contributed by atoms with Crippen LogP contribution in [0.4, 0.5) is 5.69 Å². The van der Waals surface area contributed by atoms with Gasteiger partial charge in [-0.25, -0.2) is 0 Å². The number of aromatic nitrogens is 1. The second-order valence-electron chi connectivity index (χ2n) is 6.58. The Morgan fingerprint density at radius 3 is 2.92 bits per heavy atom. The zero-order valence-electron chi connectivity index (χ0n) is 15.2. The Balaban J connectivity index is 1.87. The number of hydrogen-bond donors (Lipinski definition) is 3. The minimum atomic E-state index is 0.424. The summed E-state index contributed by atoms with van der Waals surface area (Å²) in [6.07, 6.45) is 11.4. The van der Waals surface area contributed by atoms with Crippen molar-refractivity contribution in [3.8, 4) is 0 Å². The van der Waals surface area contributed by atoms with E-state index in [4.69, 9.17) is 5.41 Å². The van der Waals surface area contributed by atoms with Gasteiger partial charge >= 0.3 is 0 Å². The smallest absolute Gasteiger partial charge is 0.125 e. The van der Waals surface area contributed by atoms with Crippen LogP contribution in [0.25, 0.3) is 16.5 Å². The fourth-order valence-corrected chi connectivity index (χ4v) is 3.05. The van der Waals surface area contributed by atoms with E-state index in [2.05, 4.69) is 46.7 Å². The maximum absolute atomic E-state index is 8.22. The number of nitrogens with zero attached hydrogens (tertiary/aromatic N) is 1. The first kappa shape index (κ1) is 17.2. The molecular weight excluding hydrogens is 308 g/mol. The summed E-state index contributed by atoms with van der Waals surface area (Å²) in [4.78, 5) is 5.70. The second kappa shape index (κ2) is 7.53. The number of H-pyrrole nitrogens is 1. The van der Waals surface area contributed by atoms with Crippen LogP contribution in [0.2, 0.25) is 0 Å². The molecule has 1 aliphatic heterocycles. The number of anilines is 1. The zero-order valence-corrected chi connectivity index (χ0v) is 15.2. The molecule has 0 bridgehead atoms. The molecule has 1 aromatic heterocycles. The highest BCUT2D eigenvalue weighted by atomic mass is 15.1. The maximum atomic E-state index is 8.22. The fourth-order valence-electron chi connectivity index (χ4n) is 3.05. The molecule has 25 heavy (non-hydrogen) atoms. The molecule has 0 amide bonds. The third-order valence-electron chi connectivity index (χ3n) is 4.64. The number of likely N-dealkylation sites (N-methyl/N-ethyl adjacent to an activating group) is 1. The van der Waals surface area contributed by atoms with Crippen molar-refractivity contribution in [1.29, 1.82) is 5.41 Å². The molecule has 0 radical (unpaired) electrons. The van der Waals surface area contributed by atoms with Crippen LogP contribution in [0.3, 0.4) is 0 Å². The van der Waals surface area contributed by atoms with Crippen molar-refractivity contribution < 1.29 is 0 Å². The first-order chi connectivity index (χ1) is 12.1. The molecule has 4 nitrogen and oxygen atoms in total. The van der Waals surface area contributed by atoms with Gasteiger partial charge < -0.3 is 15.2 Å². The van der Waals surface area contributed by atoms with Crippen LogP contribution in [0.1, 0.15) is 25.8 Å². The Labute approximate surface area is 149 Å². The number of aromatic amines is 1. The maximum Gasteiger partial charge on any atom is 0.125 e. The van der Waals surface area contributed by atoms with Gasteiger partial charge in [-0.2, -0.15) is 0 Å². The van der Waals surface area contributed by atoms with Gasteiger partial charge in [0.2, 0.25) is 0 Å². The van der Waals surface area contributed by atoms with E-state index in [1.165, 1.54) is 16.5 Å². The van der Waals surface area contributed by atoms with E-state index >= 15 is 0 Å². The van der Waals surface area contributed by atoms with Crippen LogP contribution in [-0.2, 0) is 0 Å². The Bertz CT molecular complexity index is 867. The van der Waals surface area contributed by atoms with Crippen LogP contribution < -0.4 is 5.32 Å². The highest BCUT2D eigenvalue weighted by Crippen LogP contribution is 2.30. The first-order valence-corrected chi connectivity index (χ1v) is 8.73. The summed E-state index contributed by atoms with van der Waals surface area (Å²) in [6.45, 7) is 6.01. The monoisotopic (exact) mass is 334 g/mol. The van der Waals surface area contributed by atoms with E-state index in [0.717, 1.165) is 36.3 Å². The SMILES string of the molecule is C/C=C\C=C(/C)C(=N)Nc1ccc2[nH]cc(C3=CCN(C)CC3)c2c1. The van der Waals surface area contributed by atoms with Gasteiger partial charge in [0.1, 0.15) is 5.84 Å². The van der Waals surface area contributed by atoms with Gasteiger partial charge in [-0.05, 0) is 56.7 Å². The molecule has 0 saturated heterocycles. The van der Waals surface area contributed by atoms with Crippen LogP contribution in [0.15, 0.2) is 54.3 Å². The summed E-state index contributed by atoms with van der Waals surface area (Å²) < 4.78 is 0. The van der Waals surface area contributed by atoms with Crippen LogP contribution in [-0.4, -0.2) is 35.9 Å². The molecule has 2 aromatic rings. The zero-order chi connectivity index (χ0) is 17.8. The number of nitrogens with one attached hydrogen (secondary N) is 3. The first-order valence-electron chi connectivity index (χ1n) is 8.73. The lowest BCUT2D eigenvalue weighted by atomic mass is 9.99. The van der Waals surface area contributed by atoms with Crippen molar-refractivity contribution in [2.24, 2.45) is 0 Å². The van der Waals surface area contributed by atoms with E-state index < -0.39 is 0 Å². The van der Waals surface area contributed by atoms with E-state index in [1.54, 1.807) is 0 Å². The largest absolute Gasteiger partial charge is 0.361 e. The topological polar surface area (TPSA) is 54.9 Å². The Hall–Kier alpha value is -2.59. The molecule has 0 atom stereocenters. The standard InChI is InChI=1S/C21H26N4/c1-4-5-6-15(2)21(22)24-17-7-8-20-18(13-17)19(14-23-20)16-9-11-25(3)12-10-16/h4-9,13-14,23H,10-12H2,1-3H3,(H2,22,24)/b5-4-,15-6+. The number of allylic oxidation sites excluding steroid dienone is 3. The van der Waals surface area contributed by atoms with Crippen LogP contribution >= 0.6 is 0 Å². The summed E-state index contributed by atoms with van der Waals surface area (Å²) in [5.74, 6) is 0.424. The molecule has 4 heteroatoms. The number of benzene rings is 1. The van der Waals surface area contributed by atoms with Crippen molar-refractivity contribution in [2.75, 3.05) is 25.5 Å². The highest BCUT2D eigenvalue weighted by Gasteiger charge is 2.14. The van der Waals surface area contributed by atoms with E-state index in [-0.39, 0.29) is 0 Å². The Morgan fingerprint density at radius 1 is 1.36 bits per heavy atom. The Kier molecular flexibility index (Phi) is 5.19. The molecule has 3 N–H and O–H groups in total. The molecule has 130 valence electrons. The van der Waals surface area contributed by atoms with E-state index in [1.807, 2.05) is 38.1 Å². The summed E-state index contributed by atoms with van der Waals surface area (Å²) in [5.41, 5.74) is 5.67. The number of amidine groups is 1. The third-order valence-corrected chi connectivity index (χ3v) is 4.64. The molecule has 0 saturated carbocycles. The van der Waals surface area contributed by atoms with Crippen LogP contribution in [0, 0.1) is 5.41 Å². The third kappa shape index (κ3) is 3.91. The predicted molar refractivity (Wildman–Crippen MR) is 108 cm³/mol. The van der Waals surface area contributed by atoms with Gasteiger partial charge in [-0.3, -0.25) is 5.41 Å². The van der Waals surface area contributed by atoms with Gasteiger partial charge in [0.25, 0.3) is 0 Å². The summed E-state index contributed by atoms with van der Waals surface area (Å²) >= 11 is 0. The van der Waals surface area contributed by atoms with Gasteiger partial charge in [-0.1, -0.05) is 24.3 Å². The van der Waals surface area contributed by atoms with Gasteiger partial charge in [0.15, 0.2) is 0 Å². The average Bonchev–Trinajstić information content (AvgIpc) is 3.03. The van der Waals surface area contributed by atoms with Crippen molar-refractivity contribution >= 4 is 28.0 Å². The number of hydrogen-bond acceptors (Lipinski definition) is 2. The average molecular weight is 334 g/mol. The van der Waals surface area contributed by atoms with E-state index in [9.17, 15) is 0 Å². The minimum absolute atomic E-state index is 0.424. The number of rotatable bonds is 4. The highest BCUT2D eigenvalue weighted by molar-refractivity contribution is 6.06. The Morgan fingerprint density at radius 2 is 2.20 bits per heavy atom.